The number of hydrogen-bond acceptors (Lipinski definition) is 14. The van der Waals surface area contributed by atoms with Gasteiger partial charge in [0, 0.05) is 71.4 Å². The van der Waals surface area contributed by atoms with E-state index in [0.29, 0.717) is 36.7 Å². The van der Waals surface area contributed by atoms with E-state index in [-0.39, 0.29) is 67.6 Å². The first kappa shape index (κ1) is 50.5. The Bertz CT molecular complexity index is 3110. The average Bonchev–Trinajstić information content (AvgIpc) is 4.09. The number of thioether (sulfide) groups is 1. The second-order valence-corrected chi connectivity index (χ2v) is 22.8. The van der Waals surface area contributed by atoms with E-state index in [1.807, 2.05) is 32.5 Å². The van der Waals surface area contributed by atoms with Gasteiger partial charge in [0.25, 0.3) is 0 Å². The highest BCUT2D eigenvalue weighted by Gasteiger charge is 2.64. The number of alkyl carbamates (subject to hydrolysis) is 1. The Kier molecular flexibility index (Phi) is 13.3. The standard InChI is InChI=1S/C56H67N9O9S/c1-28(2)13-18-40(66)57-24-41(67)59-31(5)54(69)60-34-16-14-32(15-17-34)26-72-55(70)58-23-35-22-37-36-11-9-10-12-38(36)61-53(37)56(62-35)65-25-39-43-44(45(65)30(4)50-51(43)74-27-73-50)52(75-56)47-46(63(6)7)42-33(19-20-64(39)47)21-29(3)49(71-8)48(42)68/h9-12,14-17,21,28,31,35,39,46-47,52,61-62,68H,13,18-20,22-27H2,1-8H3,(H,57,66)(H,58,70)(H,59,67)(H,60,69)/t31?,35?,39-,46?,47?,52?,56?/m0/s1. The summed E-state index contributed by atoms with van der Waals surface area (Å²) in [6.45, 7) is 11.4. The normalized spacial score (nSPS) is 23.1. The van der Waals surface area contributed by atoms with Gasteiger partial charge >= 0.3 is 6.09 Å². The zero-order chi connectivity index (χ0) is 52.6. The molecule has 7 atom stereocenters. The number of aromatic amines is 1. The second kappa shape index (κ2) is 19.8. The minimum absolute atomic E-state index is 0.000290. The van der Waals surface area contributed by atoms with Gasteiger partial charge in [0.2, 0.25) is 24.5 Å². The number of aromatic hydroxyl groups is 1. The third-order valence-electron chi connectivity index (χ3n) is 15.9. The van der Waals surface area contributed by atoms with Gasteiger partial charge in [0.15, 0.2) is 28.0 Å². The van der Waals surface area contributed by atoms with Crippen molar-refractivity contribution < 1.29 is 43.2 Å². The molecule has 5 aromatic rings. The first-order valence-corrected chi connectivity index (χ1v) is 26.9. The number of carbonyl (C=O) groups is 4. The first-order valence-electron chi connectivity index (χ1n) is 26.0. The van der Waals surface area contributed by atoms with Gasteiger partial charge in [-0.3, -0.25) is 24.6 Å². The van der Waals surface area contributed by atoms with Crippen molar-refractivity contribution in [2.75, 3.05) is 64.4 Å². The Morgan fingerprint density at radius 3 is 2.52 bits per heavy atom. The monoisotopic (exact) mass is 1040 g/mol. The molecule has 4 amide bonds. The third-order valence-corrected chi connectivity index (χ3v) is 17.6. The largest absolute Gasteiger partial charge is 0.504 e. The maximum Gasteiger partial charge on any atom is 0.407 e. The summed E-state index contributed by atoms with van der Waals surface area (Å²) >= 11 is 1.89. The van der Waals surface area contributed by atoms with Crippen LogP contribution in [0.5, 0.6) is 23.0 Å². The smallest absolute Gasteiger partial charge is 0.407 e. The van der Waals surface area contributed by atoms with Gasteiger partial charge in [0.1, 0.15) is 12.6 Å². The van der Waals surface area contributed by atoms with E-state index in [9.17, 15) is 24.3 Å². The van der Waals surface area contributed by atoms with Gasteiger partial charge in [-0.2, -0.15) is 0 Å². The summed E-state index contributed by atoms with van der Waals surface area (Å²) in [5.74, 6) is 1.63. The summed E-state index contributed by atoms with van der Waals surface area (Å²) in [6, 6.07) is 16.1. The van der Waals surface area contributed by atoms with Crippen LogP contribution in [-0.4, -0.2) is 116 Å². The number of nitrogens with zero attached hydrogens (tertiary/aromatic N) is 3. The molecule has 75 heavy (non-hydrogen) atoms. The number of benzene rings is 4. The lowest BCUT2D eigenvalue weighted by Gasteiger charge is -2.64. The number of likely N-dealkylation sites (N-methyl/N-ethyl adjacent to an activating group) is 1. The van der Waals surface area contributed by atoms with Gasteiger partial charge < -0.3 is 60.1 Å². The number of aromatic nitrogens is 1. The molecule has 0 saturated carbocycles. The number of fused-ring (bicyclic) bond motifs is 10. The number of methoxy groups -OCH3 is 1. The average molecular weight is 1040 g/mol. The quantitative estimate of drug-likeness (QED) is 0.0620. The summed E-state index contributed by atoms with van der Waals surface area (Å²) in [7, 11) is 5.84. The predicted octanol–water partition coefficient (Wildman–Crippen LogP) is 6.67. The van der Waals surface area contributed by atoms with Crippen LogP contribution in [-0.2, 0) is 43.6 Å². The summed E-state index contributed by atoms with van der Waals surface area (Å²) in [6.07, 6.45) is 1.90. The minimum Gasteiger partial charge on any atom is -0.504 e. The molecule has 1 spiro atoms. The molecule has 4 aromatic carbocycles. The number of hydrogen-bond donors (Lipinski definition) is 7. The molecule has 7 N–H and O–H groups in total. The minimum atomic E-state index is -0.844. The fraction of sp³-hybridized carbons (Fsp3) is 0.464. The molecule has 18 nitrogen and oxygen atoms in total. The molecule has 0 aliphatic carbocycles. The molecular formula is C56H67N9O9S. The Labute approximate surface area is 440 Å². The van der Waals surface area contributed by atoms with Crippen molar-refractivity contribution in [1.29, 1.82) is 0 Å². The van der Waals surface area contributed by atoms with Crippen LogP contribution in [0.3, 0.4) is 0 Å². The lowest BCUT2D eigenvalue weighted by molar-refractivity contribution is -0.128. The number of carbonyl (C=O) groups excluding carboxylic acids is 4. The number of rotatable bonds is 14. The molecule has 7 heterocycles. The van der Waals surface area contributed by atoms with Crippen LogP contribution >= 0.6 is 11.8 Å². The molecule has 6 aliphatic heterocycles. The molecule has 396 valence electrons. The Hall–Kier alpha value is -6.67. The first-order chi connectivity index (χ1) is 36.1. The van der Waals surface area contributed by atoms with Gasteiger partial charge in [-0.15, -0.1) is 11.8 Å². The number of amides is 4. The van der Waals surface area contributed by atoms with Gasteiger partial charge in [-0.1, -0.05) is 50.2 Å². The van der Waals surface area contributed by atoms with E-state index in [4.69, 9.17) is 18.9 Å². The maximum atomic E-state index is 13.6. The van der Waals surface area contributed by atoms with Crippen molar-refractivity contribution >= 4 is 57.9 Å². The maximum absolute atomic E-state index is 13.6. The van der Waals surface area contributed by atoms with E-state index >= 15 is 0 Å². The number of phenolic OH excluding ortho intramolecular Hbond substituents is 1. The van der Waals surface area contributed by atoms with Crippen molar-refractivity contribution in [2.24, 2.45) is 5.92 Å². The zero-order valence-corrected chi connectivity index (χ0v) is 44.6. The van der Waals surface area contributed by atoms with E-state index < -0.39 is 28.9 Å². The summed E-state index contributed by atoms with van der Waals surface area (Å²) < 4.78 is 24.4. The van der Waals surface area contributed by atoms with Crippen LogP contribution in [0.4, 0.5) is 16.2 Å². The summed E-state index contributed by atoms with van der Waals surface area (Å²) in [4.78, 5) is 61.6. The SMILES string of the molecule is COc1c(C)cc2c(c1O)C(N(C)C)C1C3SC4(NC(CNC(=O)OCc5ccc(NC(=O)C(C)NC(=O)CNC(=O)CCC(C)C)cc5)Cc5c4[nH]c4ccccc54)N4C[C@@H](c5c6c(c(C)c4c53)OCO6)N1CC2. The van der Waals surface area contributed by atoms with Crippen LogP contribution in [0.2, 0.25) is 0 Å². The molecular weight excluding hydrogens is 975 g/mol. The van der Waals surface area contributed by atoms with E-state index in [2.05, 4.69) is 97.6 Å². The summed E-state index contributed by atoms with van der Waals surface area (Å²) in [5.41, 5.74) is 12.1. The van der Waals surface area contributed by atoms with Crippen molar-refractivity contribution in [3.05, 3.63) is 105 Å². The van der Waals surface area contributed by atoms with Crippen molar-refractivity contribution in [3.8, 4) is 23.0 Å². The fourth-order valence-electron chi connectivity index (χ4n) is 12.6. The molecule has 0 fully saturated rings. The van der Waals surface area contributed by atoms with Crippen molar-refractivity contribution in [3.63, 3.8) is 0 Å². The Morgan fingerprint density at radius 2 is 1.76 bits per heavy atom. The van der Waals surface area contributed by atoms with E-state index in [0.717, 1.165) is 81.0 Å². The highest BCUT2D eigenvalue weighted by molar-refractivity contribution is 8.00. The van der Waals surface area contributed by atoms with Crippen LogP contribution in [0.1, 0.15) is 101 Å². The molecule has 11 rings (SSSR count). The van der Waals surface area contributed by atoms with Gasteiger partial charge in [-0.25, -0.2) is 4.79 Å². The summed E-state index contributed by atoms with van der Waals surface area (Å²) in [5, 5.41) is 28.5. The van der Waals surface area contributed by atoms with Crippen molar-refractivity contribution in [2.45, 2.75) is 107 Å². The van der Waals surface area contributed by atoms with E-state index in [1.54, 1.807) is 38.3 Å². The topological polar surface area (TPSA) is 211 Å². The Morgan fingerprint density at radius 1 is 0.987 bits per heavy atom. The number of nitrogens with one attached hydrogen (secondary N) is 6. The third kappa shape index (κ3) is 8.74. The Balaban J connectivity index is 0.835. The lowest BCUT2D eigenvalue weighted by atomic mass is 9.76. The number of phenols is 1. The number of ether oxygens (including phenoxy) is 4. The fourth-order valence-corrected chi connectivity index (χ4v) is 14.6. The molecule has 19 heteroatoms. The predicted molar refractivity (Wildman–Crippen MR) is 286 cm³/mol. The van der Waals surface area contributed by atoms with Crippen LogP contribution < -0.4 is 45.7 Å². The second-order valence-electron chi connectivity index (χ2n) is 21.4. The lowest BCUT2D eigenvalue weighted by Crippen LogP contribution is -2.69. The molecule has 1 aromatic heterocycles. The van der Waals surface area contributed by atoms with E-state index in [1.165, 1.54) is 16.7 Å². The van der Waals surface area contributed by atoms with Crippen LogP contribution in [0.15, 0.2) is 54.6 Å². The number of H-pyrrole nitrogens is 1. The van der Waals surface area contributed by atoms with Gasteiger partial charge in [0.05, 0.1) is 42.4 Å². The van der Waals surface area contributed by atoms with Crippen LogP contribution in [0, 0.1) is 19.8 Å². The number of aryl methyl sites for hydroxylation is 1. The molecule has 6 aliphatic rings. The molecule has 6 unspecified atom stereocenters. The molecule has 0 radical (unpaired) electrons. The number of para-hydroxylation sites is 1. The number of anilines is 2. The van der Waals surface area contributed by atoms with Crippen LogP contribution in [0.25, 0.3) is 10.9 Å². The van der Waals surface area contributed by atoms with Crippen molar-refractivity contribution in [1.82, 2.24) is 36.1 Å². The van der Waals surface area contributed by atoms with Gasteiger partial charge in [-0.05, 0) is 106 Å². The zero-order valence-electron chi connectivity index (χ0n) is 43.8. The highest BCUT2D eigenvalue weighted by atomic mass is 32.2. The highest BCUT2D eigenvalue weighted by Crippen LogP contribution is 2.70. The molecule has 5 bridgehead atoms. The molecule has 0 saturated heterocycles.